The van der Waals surface area contributed by atoms with Crippen molar-refractivity contribution in [3.05, 3.63) is 66.0 Å². The van der Waals surface area contributed by atoms with Crippen molar-refractivity contribution in [1.29, 1.82) is 0 Å². The van der Waals surface area contributed by atoms with Gasteiger partial charge in [0.25, 0.3) is 0 Å². The Labute approximate surface area is 128 Å². The highest BCUT2D eigenvalue weighted by Crippen LogP contribution is 2.28. The van der Waals surface area contributed by atoms with Gasteiger partial charge in [0.15, 0.2) is 0 Å². The van der Waals surface area contributed by atoms with Crippen LogP contribution >= 0.6 is 0 Å². The van der Waals surface area contributed by atoms with Gasteiger partial charge in [-0.25, -0.2) is 14.4 Å². The van der Waals surface area contributed by atoms with Crippen LogP contribution in [0.5, 0.6) is 0 Å². The smallest absolute Gasteiger partial charge is 0.233 e. The minimum atomic E-state index is -0.178. The molecule has 5 heteroatoms. The molecule has 3 heterocycles. The Morgan fingerprint density at radius 1 is 1.09 bits per heavy atom. The first-order valence-corrected chi connectivity index (χ1v) is 7.54. The summed E-state index contributed by atoms with van der Waals surface area (Å²) in [4.78, 5) is 10.9. The largest absolute Gasteiger partial charge is 0.298 e. The average Bonchev–Trinajstić information content (AvgIpc) is 3.18. The maximum Gasteiger partial charge on any atom is 0.233 e. The number of hydrogen-bond acceptors (Lipinski definition) is 3. The van der Waals surface area contributed by atoms with E-state index in [0.717, 1.165) is 37.4 Å². The number of rotatable bonds is 3. The van der Waals surface area contributed by atoms with Gasteiger partial charge in [-0.1, -0.05) is 12.1 Å². The minimum Gasteiger partial charge on any atom is -0.298 e. The fourth-order valence-electron chi connectivity index (χ4n) is 3.25. The Morgan fingerprint density at radius 2 is 1.91 bits per heavy atom. The molecule has 4 nitrogen and oxygen atoms in total. The second-order valence-corrected chi connectivity index (χ2v) is 5.81. The molecule has 3 aromatic rings. The molecule has 0 radical (unpaired) electrons. The zero-order chi connectivity index (χ0) is 14.9. The van der Waals surface area contributed by atoms with Crippen LogP contribution in [0.2, 0.25) is 0 Å². The van der Waals surface area contributed by atoms with Gasteiger partial charge in [-0.05, 0) is 36.7 Å². The molecular formula is C17H17FN4. The van der Waals surface area contributed by atoms with Gasteiger partial charge in [-0.15, -0.1) is 0 Å². The molecule has 1 saturated heterocycles. The van der Waals surface area contributed by atoms with Gasteiger partial charge >= 0.3 is 0 Å². The molecule has 1 fully saturated rings. The summed E-state index contributed by atoms with van der Waals surface area (Å²) < 4.78 is 15.0. The van der Waals surface area contributed by atoms with Crippen LogP contribution in [0.25, 0.3) is 5.78 Å². The van der Waals surface area contributed by atoms with E-state index in [9.17, 15) is 4.39 Å². The van der Waals surface area contributed by atoms with Crippen molar-refractivity contribution in [2.45, 2.75) is 18.9 Å². The average molecular weight is 296 g/mol. The van der Waals surface area contributed by atoms with Crippen LogP contribution in [0, 0.1) is 5.82 Å². The molecule has 22 heavy (non-hydrogen) atoms. The van der Waals surface area contributed by atoms with E-state index < -0.39 is 0 Å². The van der Waals surface area contributed by atoms with E-state index in [4.69, 9.17) is 0 Å². The van der Waals surface area contributed by atoms with Crippen LogP contribution in [-0.2, 0) is 6.54 Å². The third kappa shape index (κ3) is 2.48. The second-order valence-electron chi connectivity index (χ2n) is 5.81. The molecule has 0 N–H and O–H groups in total. The van der Waals surface area contributed by atoms with Crippen LogP contribution < -0.4 is 0 Å². The fourth-order valence-corrected chi connectivity index (χ4v) is 3.25. The third-order valence-electron chi connectivity index (χ3n) is 4.34. The summed E-state index contributed by atoms with van der Waals surface area (Å²) in [6.07, 6.45) is 6.72. The number of imidazole rings is 1. The Kier molecular flexibility index (Phi) is 3.35. The maximum atomic E-state index is 13.0. The number of benzene rings is 1. The Hall–Kier alpha value is -2.27. The second kappa shape index (κ2) is 5.50. The van der Waals surface area contributed by atoms with Crippen LogP contribution in [-0.4, -0.2) is 32.4 Å². The highest BCUT2D eigenvalue weighted by Gasteiger charge is 2.25. The van der Waals surface area contributed by atoms with Crippen LogP contribution in [0.3, 0.4) is 0 Å². The highest BCUT2D eigenvalue weighted by molar-refractivity contribution is 5.31. The van der Waals surface area contributed by atoms with E-state index in [1.165, 1.54) is 17.8 Å². The van der Waals surface area contributed by atoms with E-state index >= 15 is 0 Å². The number of likely N-dealkylation sites (tertiary alicyclic amines) is 1. The van der Waals surface area contributed by atoms with Gasteiger partial charge in [0, 0.05) is 43.3 Å². The molecule has 1 aromatic carbocycles. The lowest BCUT2D eigenvalue weighted by Gasteiger charge is -2.16. The predicted molar refractivity (Wildman–Crippen MR) is 82.0 cm³/mol. The summed E-state index contributed by atoms with van der Waals surface area (Å²) in [5, 5.41) is 0. The topological polar surface area (TPSA) is 33.4 Å². The zero-order valence-corrected chi connectivity index (χ0v) is 12.2. The summed E-state index contributed by atoms with van der Waals surface area (Å²) in [5.41, 5.74) is 2.42. The highest BCUT2D eigenvalue weighted by atomic mass is 19.1. The molecule has 4 rings (SSSR count). The van der Waals surface area contributed by atoms with Gasteiger partial charge in [-0.2, -0.15) is 0 Å². The molecule has 1 atom stereocenters. The van der Waals surface area contributed by atoms with Gasteiger partial charge < -0.3 is 0 Å². The van der Waals surface area contributed by atoms with E-state index in [2.05, 4.69) is 25.3 Å². The van der Waals surface area contributed by atoms with E-state index in [0.29, 0.717) is 5.92 Å². The summed E-state index contributed by atoms with van der Waals surface area (Å²) >= 11 is 0. The van der Waals surface area contributed by atoms with Gasteiger partial charge in [0.2, 0.25) is 5.78 Å². The standard InChI is InChI=1S/C17H17FN4/c18-15-3-1-13(2-4-15)11-21-9-6-14(12-21)16-5-7-19-17-20-8-10-22(16)17/h1-5,7-8,10,14H,6,9,11-12H2. The molecule has 112 valence electrons. The van der Waals surface area contributed by atoms with Crippen molar-refractivity contribution in [3.63, 3.8) is 0 Å². The lowest BCUT2D eigenvalue weighted by Crippen LogP contribution is -2.20. The molecule has 2 aromatic heterocycles. The Balaban J connectivity index is 1.50. The maximum absolute atomic E-state index is 13.0. The first-order chi connectivity index (χ1) is 10.8. The molecule has 0 bridgehead atoms. The molecular weight excluding hydrogens is 279 g/mol. The van der Waals surface area contributed by atoms with Crippen molar-refractivity contribution >= 4 is 5.78 Å². The van der Waals surface area contributed by atoms with Crippen molar-refractivity contribution in [3.8, 4) is 0 Å². The van der Waals surface area contributed by atoms with Crippen molar-refractivity contribution in [2.24, 2.45) is 0 Å². The number of fused-ring (bicyclic) bond motifs is 1. The monoisotopic (exact) mass is 296 g/mol. The molecule has 0 aliphatic carbocycles. The summed E-state index contributed by atoms with van der Waals surface area (Å²) in [7, 11) is 0. The number of halogens is 1. The SMILES string of the molecule is Fc1ccc(CN2CCC(c3ccnc4nccn34)C2)cc1. The third-order valence-corrected chi connectivity index (χ3v) is 4.34. The summed E-state index contributed by atoms with van der Waals surface area (Å²) in [5.74, 6) is 1.07. The number of aromatic nitrogens is 3. The van der Waals surface area contributed by atoms with E-state index in [1.807, 2.05) is 24.5 Å². The first kappa shape index (κ1) is 13.4. The van der Waals surface area contributed by atoms with E-state index in [-0.39, 0.29) is 5.82 Å². The quantitative estimate of drug-likeness (QED) is 0.745. The van der Waals surface area contributed by atoms with Crippen molar-refractivity contribution in [1.82, 2.24) is 19.3 Å². The lowest BCUT2D eigenvalue weighted by molar-refractivity contribution is 0.326. The molecule has 1 aliphatic heterocycles. The lowest BCUT2D eigenvalue weighted by atomic mass is 10.0. The van der Waals surface area contributed by atoms with Crippen LogP contribution in [0.4, 0.5) is 4.39 Å². The fraction of sp³-hybridized carbons (Fsp3) is 0.294. The van der Waals surface area contributed by atoms with Crippen LogP contribution in [0.15, 0.2) is 48.9 Å². The normalized spacial score (nSPS) is 19.0. The molecule has 0 amide bonds. The van der Waals surface area contributed by atoms with Crippen LogP contribution in [0.1, 0.15) is 23.6 Å². The Morgan fingerprint density at radius 3 is 2.77 bits per heavy atom. The van der Waals surface area contributed by atoms with Gasteiger partial charge in [-0.3, -0.25) is 9.30 Å². The van der Waals surface area contributed by atoms with E-state index in [1.54, 1.807) is 6.20 Å². The zero-order valence-electron chi connectivity index (χ0n) is 12.2. The summed E-state index contributed by atoms with van der Waals surface area (Å²) in [6, 6.07) is 8.87. The number of hydrogen-bond donors (Lipinski definition) is 0. The molecule has 0 saturated carbocycles. The number of nitrogens with zero attached hydrogens (tertiary/aromatic N) is 4. The Bertz CT molecular complexity index is 781. The van der Waals surface area contributed by atoms with Gasteiger partial charge in [0.1, 0.15) is 5.82 Å². The molecule has 0 spiro atoms. The van der Waals surface area contributed by atoms with Gasteiger partial charge in [0.05, 0.1) is 0 Å². The van der Waals surface area contributed by atoms with Crippen molar-refractivity contribution < 1.29 is 4.39 Å². The minimum absolute atomic E-state index is 0.178. The first-order valence-electron chi connectivity index (χ1n) is 7.54. The molecule has 1 aliphatic rings. The summed E-state index contributed by atoms with van der Waals surface area (Å²) in [6.45, 7) is 2.93. The predicted octanol–water partition coefficient (Wildman–Crippen LogP) is 2.86. The molecule has 1 unspecified atom stereocenters. The van der Waals surface area contributed by atoms with Crippen molar-refractivity contribution in [2.75, 3.05) is 13.1 Å².